The number of benzene rings is 1. The molecule has 4 nitrogen and oxygen atoms in total. The molecule has 0 aliphatic rings. The Balaban J connectivity index is 2.46. The first-order valence-electron chi connectivity index (χ1n) is 5.33. The number of methoxy groups -OCH3 is 1. The van der Waals surface area contributed by atoms with Crippen molar-refractivity contribution in [2.75, 3.05) is 13.7 Å². The van der Waals surface area contributed by atoms with Gasteiger partial charge in [0.1, 0.15) is 16.6 Å². The standard InChI is InChI=1S/C12H14FNO3S/c1-16-11(15)3-2-6-17-8-4-5-9(12(14)18)10(13)7-8/h4-5,7H,2-3,6H2,1H3,(H2,14,18). The van der Waals surface area contributed by atoms with Crippen LogP contribution >= 0.6 is 12.2 Å². The molecule has 0 aliphatic heterocycles. The number of hydrogen-bond acceptors (Lipinski definition) is 4. The van der Waals surface area contributed by atoms with Crippen molar-refractivity contribution >= 4 is 23.2 Å². The van der Waals surface area contributed by atoms with Gasteiger partial charge in [-0.1, -0.05) is 12.2 Å². The summed E-state index contributed by atoms with van der Waals surface area (Å²) in [5, 5.41) is 0. The second kappa shape index (κ2) is 6.90. The van der Waals surface area contributed by atoms with Crippen LogP contribution in [0.2, 0.25) is 0 Å². The van der Waals surface area contributed by atoms with Crippen molar-refractivity contribution in [1.29, 1.82) is 0 Å². The molecule has 0 atom stereocenters. The fourth-order valence-corrected chi connectivity index (χ4v) is 1.46. The smallest absolute Gasteiger partial charge is 0.305 e. The molecule has 0 spiro atoms. The number of carbonyl (C=O) groups is 1. The summed E-state index contributed by atoms with van der Waals surface area (Å²) in [5.41, 5.74) is 5.52. The summed E-state index contributed by atoms with van der Waals surface area (Å²) >= 11 is 4.69. The number of carbonyl (C=O) groups excluding carboxylic acids is 1. The Hall–Kier alpha value is -1.69. The molecule has 1 rings (SSSR count). The molecular formula is C12H14FNO3S. The molecule has 98 valence electrons. The normalized spacial score (nSPS) is 9.89. The third-order valence-corrected chi connectivity index (χ3v) is 2.45. The molecule has 0 aliphatic carbocycles. The predicted molar refractivity (Wildman–Crippen MR) is 69.0 cm³/mol. The first kappa shape index (κ1) is 14.4. The van der Waals surface area contributed by atoms with Gasteiger partial charge in [-0.3, -0.25) is 4.79 Å². The van der Waals surface area contributed by atoms with E-state index in [9.17, 15) is 9.18 Å². The van der Waals surface area contributed by atoms with Crippen LogP contribution in [0.25, 0.3) is 0 Å². The molecule has 0 amide bonds. The Kier molecular flexibility index (Phi) is 5.51. The lowest BCUT2D eigenvalue weighted by Gasteiger charge is -2.07. The van der Waals surface area contributed by atoms with Gasteiger partial charge in [-0.15, -0.1) is 0 Å². The highest BCUT2D eigenvalue weighted by atomic mass is 32.1. The maximum absolute atomic E-state index is 13.5. The van der Waals surface area contributed by atoms with Gasteiger partial charge in [-0.2, -0.15) is 0 Å². The number of ether oxygens (including phenoxy) is 2. The highest BCUT2D eigenvalue weighted by Gasteiger charge is 2.07. The lowest BCUT2D eigenvalue weighted by Crippen LogP contribution is -2.11. The van der Waals surface area contributed by atoms with Gasteiger partial charge in [0.25, 0.3) is 0 Å². The van der Waals surface area contributed by atoms with Crippen LogP contribution in [0.4, 0.5) is 4.39 Å². The Morgan fingerprint density at radius 3 is 2.78 bits per heavy atom. The molecule has 1 aromatic rings. The molecule has 18 heavy (non-hydrogen) atoms. The Labute approximate surface area is 110 Å². The number of esters is 1. The summed E-state index contributed by atoms with van der Waals surface area (Å²) < 4.78 is 23.2. The van der Waals surface area contributed by atoms with E-state index in [1.807, 2.05) is 0 Å². The minimum absolute atomic E-state index is 0.00439. The summed E-state index contributed by atoms with van der Waals surface area (Å²) in [4.78, 5) is 10.8. The van der Waals surface area contributed by atoms with Crippen molar-refractivity contribution in [2.45, 2.75) is 12.8 Å². The third kappa shape index (κ3) is 4.29. The number of rotatable bonds is 6. The molecule has 0 saturated carbocycles. The van der Waals surface area contributed by atoms with Crippen molar-refractivity contribution in [2.24, 2.45) is 5.73 Å². The summed E-state index contributed by atoms with van der Waals surface area (Å²) in [6.07, 6.45) is 0.773. The topological polar surface area (TPSA) is 61.5 Å². The fraction of sp³-hybridized carbons (Fsp3) is 0.333. The van der Waals surface area contributed by atoms with Crippen LogP contribution in [-0.4, -0.2) is 24.7 Å². The quantitative estimate of drug-likeness (QED) is 0.485. The summed E-state index contributed by atoms with van der Waals surface area (Å²) in [6, 6.07) is 4.26. The zero-order valence-corrected chi connectivity index (χ0v) is 10.8. The first-order chi connectivity index (χ1) is 8.54. The van der Waals surface area contributed by atoms with Crippen LogP contribution in [0.3, 0.4) is 0 Å². The van der Waals surface area contributed by atoms with E-state index >= 15 is 0 Å². The van der Waals surface area contributed by atoms with Crippen molar-refractivity contribution in [3.05, 3.63) is 29.6 Å². The van der Waals surface area contributed by atoms with E-state index in [1.165, 1.54) is 19.2 Å². The van der Waals surface area contributed by atoms with Crippen LogP contribution in [0.15, 0.2) is 18.2 Å². The number of nitrogens with two attached hydrogens (primary N) is 1. The molecule has 0 aromatic heterocycles. The maximum atomic E-state index is 13.5. The summed E-state index contributed by atoms with van der Waals surface area (Å²) in [6.45, 7) is 0.307. The van der Waals surface area contributed by atoms with E-state index in [4.69, 9.17) is 10.5 Å². The van der Waals surface area contributed by atoms with E-state index in [0.717, 1.165) is 0 Å². The molecule has 2 N–H and O–H groups in total. The number of thiocarbonyl (C=S) groups is 1. The Morgan fingerprint density at radius 2 is 2.22 bits per heavy atom. The zero-order valence-electron chi connectivity index (χ0n) is 9.94. The minimum atomic E-state index is -0.520. The van der Waals surface area contributed by atoms with Crippen LogP contribution in [0.5, 0.6) is 5.75 Å². The molecule has 0 fully saturated rings. The lowest BCUT2D eigenvalue weighted by molar-refractivity contribution is -0.140. The SMILES string of the molecule is COC(=O)CCCOc1ccc(C(N)=S)c(F)c1. The van der Waals surface area contributed by atoms with Crippen molar-refractivity contribution < 1.29 is 18.7 Å². The van der Waals surface area contributed by atoms with E-state index in [0.29, 0.717) is 18.8 Å². The van der Waals surface area contributed by atoms with E-state index in [1.54, 1.807) is 6.07 Å². The van der Waals surface area contributed by atoms with Gasteiger partial charge >= 0.3 is 5.97 Å². The van der Waals surface area contributed by atoms with Crippen molar-refractivity contribution in [1.82, 2.24) is 0 Å². The van der Waals surface area contributed by atoms with Crippen molar-refractivity contribution in [3.63, 3.8) is 0 Å². The molecule has 0 unspecified atom stereocenters. The third-order valence-electron chi connectivity index (χ3n) is 2.23. The maximum Gasteiger partial charge on any atom is 0.305 e. The van der Waals surface area contributed by atoms with Crippen LogP contribution in [-0.2, 0) is 9.53 Å². The lowest BCUT2D eigenvalue weighted by atomic mass is 10.2. The van der Waals surface area contributed by atoms with Gasteiger partial charge in [0.05, 0.1) is 13.7 Å². The first-order valence-corrected chi connectivity index (χ1v) is 5.74. The van der Waals surface area contributed by atoms with Crippen LogP contribution in [0, 0.1) is 5.82 Å². The second-order valence-electron chi connectivity index (χ2n) is 3.53. The molecule has 0 saturated heterocycles. The Morgan fingerprint density at radius 1 is 1.50 bits per heavy atom. The number of halogens is 1. The van der Waals surface area contributed by atoms with Gasteiger partial charge in [0.15, 0.2) is 0 Å². The number of hydrogen-bond donors (Lipinski definition) is 1. The predicted octanol–water partition coefficient (Wildman–Crippen LogP) is 1.79. The molecule has 0 heterocycles. The highest BCUT2D eigenvalue weighted by Crippen LogP contribution is 2.17. The molecular weight excluding hydrogens is 257 g/mol. The molecule has 0 bridgehead atoms. The highest BCUT2D eigenvalue weighted by molar-refractivity contribution is 7.80. The zero-order chi connectivity index (χ0) is 13.5. The van der Waals surface area contributed by atoms with Gasteiger partial charge in [0, 0.05) is 18.1 Å². The average molecular weight is 271 g/mol. The summed E-state index contributed by atoms with van der Waals surface area (Å²) in [7, 11) is 1.33. The van der Waals surface area contributed by atoms with Crippen LogP contribution < -0.4 is 10.5 Å². The van der Waals surface area contributed by atoms with E-state index in [-0.39, 0.29) is 22.9 Å². The Bertz CT molecular complexity index is 451. The van der Waals surface area contributed by atoms with Gasteiger partial charge < -0.3 is 15.2 Å². The molecule has 0 radical (unpaired) electrons. The molecule has 1 aromatic carbocycles. The summed E-state index contributed by atoms with van der Waals surface area (Å²) in [5.74, 6) is -0.445. The minimum Gasteiger partial charge on any atom is -0.493 e. The van der Waals surface area contributed by atoms with Gasteiger partial charge in [0.2, 0.25) is 0 Å². The van der Waals surface area contributed by atoms with E-state index in [2.05, 4.69) is 17.0 Å². The van der Waals surface area contributed by atoms with Gasteiger partial charge in [-0.05, 0) is 18.6 Å². The largest absolute Gasteiger partial charge is 0.493 e. The second-order valence-corrected chi connectivity index (χ2v) is 3.97. The monoisotopic (exact) mass is 271 g/mol. The molecule has 6 heteroatoms. The van der Waals surface area contributed by atoms with Crippen LogP contribution in [0.1, 0.15) is 18.4 Å². The fourth-order valence-electron chi connectivity index (χ4n) is 1.29. The van der Waals surface area contributed by atoms with Crippen molar-refractivity contribution in [3.8, 4) is 5.75 Å². The van der Waals surface area contributed by atoms with Gasteiger partial charge in [-0.25, -0.2) is 4.39 Å². The average Bonchev–Trinajstić information content (AvgIpc) is 2.34. The van der Waals surface area contributed by atoms with E-state index < -0.39 is 5.82 Å².